The maximum absolute atomic E-state index is 13.9. The minimum absolute atomic E-state index is 0.00454. The molecule has 0 fully saturated rings. The van der Waals surface area contributed by atoms with Crippen molar-refractivity contribution in [2.75, 3.05) is 25.1 Å². The molecule has 3 rings (SSSR count). The van der Waals surface area contributed by atoms with Gasteiger partial charge in [0.2, 0.25) is 11.8 Å². The minimum Gasteiger partial charge on any atom is -0.497 e. The molecule has 39 heavy (non-hydrogen) atoms. The second-order valence-electron chi connectivity index (χ2n) is 9.24. The number of nitrogens with zero attached hydrogens (tertiary/aromatic N) is 2. The fourth-order valence-corrected chi connectivity index (χ4v) is 5.37. The van der Waals surface area contributed by atoms with Crippen molar-refractivity contribution in [3.8, 4) is 11.5 Å². The highest BCUT2D eigenvalue weighted by Crippen LogP contribution is 2.26. The lowest BCUT2D eigenvalue weighted by Crippen LogP contribution is -2.52. The van der Waals surface area contributed by atoms with Crippen molar-refractivity contribution in [1.29, 1.82) is 0 Å². The van der Waals surface area contributed by atoms with E-state index >= 15 is 0 Å². The second kappa shape index (κ2) is 13.1. The maximum Gasteiger partial charge on any atom is 0.264 e. The molecule has 0 aliphatic carbocycles. The lowest BCUT2D eigenvalue weighted by molar-refractivity contribution is -0.139. The third-order valence-electron chi connectivity index (χ3n) is 6.06. The van der Waals surface area contributed by atoms with Gasteiger partial charge in [-0.1, -0.05) is 30.3 Å². The molecule has 0 bridgehead atoms. The third-order valence-corrected chi connectivity index (χ3v) is 7.84. The number of benzene rings is 3. The summed E-state index contributed by atoms with van der Waals surface area (Å²) in [6.07, 6.45) is 0. The van der Waals surface area contributed by atoms with Crippen LogP contribution >= 0.6 is 0 Å². The molecule has 9 nitrogen and oxygen atoms in total. The number of sulfonamides is 1. The van der Waals surface area contributed by atoms with Gasteiger partial charge in [0.05, 0.1) is 24.8 Å². The zero-order chi connectivity index (χ0) is 28.6. The Bertz CT molecular complexity index is 1360. The van der Waals surface area contributed by atoms with E-state index in [1.807, 2.05) is 19.9 Å². The van der Waals surface area contributed by atoms with Gasteiger partial charge in [0.1, 0.15) is 24.1 Å². The van der Waals surface area contributed by atoms with E-state index in [1.165, 1.54) is 24.1 Å². The van der Waals surface area contributed by atoms with E-state index in [0.717, 1.165) is 9.87 Å². The van der Waals surface area contributed by atoms with Gasteiger partial charge in [-0.3, -0.25) is 13.9 Å². The summed E-state index contributed by atoms with van der Waals surface area (Å²) in [4.78, 5) is 28.2. The Balaban J connectivity index is 2.01. The summed E-state index contributed by atoms with van der Waals surface area (Å²) in [7, 11) is -1.11. The molecule has 1 atom stereocenters. The smallest absolute Gasteiger partial charge is 0.264 e. The second-order valence-corrected chi connectivity index (χ2v) is 11.1. The molecule has 0 heterocycles. The van der Waals surface area contributed by atoms with Crippen LogP contribution in [0.25, 0.3) is 0 Å². The number of carbonyl (C=O) groups is 2. The van der Waals surface area contributed by atoms with Gasteiger partial charge in [0.25, 0.3) is 10.0 Å². The standard InChI is InChI=1S/C29H35N3O6S/c1-21(2)30-29(34)22(3)31(19-23-10-9-13-26(18-23)38-5)28(33)20-32(24-11-7-6-8-12-24)39(35,36)27-16-14-25(37-4)15-17-27/h6-18,21-22H,19-20H2,1-5H3,(H,30,34)/t22-/m1/s1. The highest BCUT2D eigenvalue weighted by atomic mass is 32.2. The van der Waals surface area contributed by atoms with Gasteiger partial charge in [-0.05, 0) is 74.9 Å². The fraction of sp³-hybridized carbons (Fsp3) is 0.310. The first-order valence-corrected chi connectivity index (χ1v) is 14.0. The van der Waals surface area contributed by atoms with Gasteiger partial charge in [0.15, 0.2) is 0 Å². The Morgan fingerprint density at radius 1 is 0.846 bits per heavy atom. The quantitative estimate of drug-likeness (QED) is 0.365. The normalized spacial score (nSPS) is 11.9. The first-order chi connectivity index (χ1) is 18.6. The molecule has 0 aliphatic rings. The van der Waals surface area contributed by atoms with Gasteiger partial charge < -0.3 is 19.7 Å². The SMILES string of the molecule is COc1ccc(S(=O)(=O)N(CC(=O)N(Cc2cccc(OC)c2)[C@H](C)C(=O)NC(C)C)c2ccccc2)cc1. The van der Waals surface area contributed by atoms with Crippen molar-refractivity contribution >= 4 is 27.5 Å². The molecular formula is C29H35N3O6S. The molecule has 0 radical (unpaired) electrons. The molecule has 0 saturated heterocycles. The lowest BCUT2D eigenvalue weighted by atomic mass is 10.1. The summed E-state index contributed by atoms with van der Waals surface area (Å²) in [5.74, 6) is 0.230. The number of rotatable bonds is 12. The highest BCUT2D eigenvalue weighted by molar-refractivity contribution is 7.92. The number of ether oxygens (including phenoxy) is 2. The molecule has 0 unspecified atom stereocenters. The number of hydrogen-bond donors (Lipinski definition) is 1. The molecule has 208 valence electrons. The lowest BCUT2D eigenvalue weighted by Gasteiger charge is -2.32. The molecule has 3 aromatic rings. The molecule has 1 N–H and O–H groups in total. The Hall–Kier alpha value is -4.05. The average Bonchev–Trinajstić information content (AvgIpc) is 2.94. The van der Waals surface area contributed by atoms with Crippen LogP contribution in [0.15, 0.2) is 83.8 Å². The number of nitrogens with one attached hydrogen (secondary N) is 1. The summed E-state index contributed by atoms with van der Waals surface area (Å²) in [6, 6.07) is 20.5. The predicted molar refractivity (Wildman–Crippen MR) is 150 cm³/mol. The fourth-order valence-electron chi connectivity index (χ4n) is 3.95. The summed E-state index contributed by atoms with van der Waals surface area (Å²) >= 11 is 0. The van der Waals surface area contributed by atoms with Crippen LogP contribution in [-0.4, -0.2) is 58.0 Å². The van der Waals surface area contributed by atoms with Crippen LogP contribution in [0, 0.1) is 0 Å². The van der Waals surface area contributed by atoms with Crippen molar-refractivity contribution in [2.45, 2.75) is 44.3 Å². The molecule has 0 aromatic heterocycles. The van der Waals surface area contributed by atoms with E-state index in [1.54, 1.807) is 74.7 Å². The molecule has 0 aliphatic heterocycles. The molecule has 0 saturated carbocycles. The average molecular weight is 554 g/mol. The van der Waals surface area contributed by atoms with Gasteiger partial charge in [0, 0.05) is 12.6 Å². The number of para-hydroxylation sites is 1. The monoisotopic (exact) mass is 553 g/mol. The number of anilines is 1. The molecule has 2 amide bonds. The van der Waals surface area contributed by atoms with E-state index < -0.39 is 28.5 Å². The number of amides is 2. The zero-order valence-electron chi connectivity index (χ0n) is 22.8. The van der Waals surface area contributed by atoms with E-state index in [9.17, 15) is 18.0 Å². The Kier molecular flexibility index (Phi) is 9.95. The van der Waals surface area contributed by atoms with Crippen LogP contribution in [0.2, 0.25) is 0 Å². The number of hydrogen-bond acceptors (Lipinski definition) is 6. The molecule has 0 spiro atoms. The van der Waals surface area contributed by atoms with Crippen molar-refractivity contribution in [3.05, 3.63) is 84.4 Å². The predicted octanol–water partition coefficient (Wildman–Crippen LogP) is 3.84. The van der Waals surface area contributed by atoms with Gasteiger partial charge in [-0.2, -0.15) is 0 Å². The summed E-state index contributed by atoms with van der Waals surface area (Å²) in [5.41, 5.74) is 1.05. The third kappa shape index (κ3) is 7.51. The van der Waals surface area contributed by atoms with Crippen molar-refractivity contribution in [1.82, 2.24) is 10.2 Å². The van der Waals surface area contributed by atoms with E-state index in [-0.39, 0.29) is 23.4 Å². The Labute approximate surface area is 230 Å². The molecule has 3 aromatic carbocycles. The molecular weight excluding hydrogens is 518 g/mol. The number of methoxy groups -OCH3 is 2. The van der Waals surface area contributed by atoms with Crippen LogP contribution in [0.5, 0.6) is 11.5 Å². The zero-order valence-corrected chi connectivity index (χ0v) is 23.6. The van der Waals surface area contributed by atoms with Gasteiger partial charge >= 0.3 is 0 Å². The van der Waals surface area contributed by atoms with Crippen molar-refractivity contribution in [3.63, 3.8) is 0 Å². The van der Waals surface area contributed by atoms with Crippen LogP contribution in [0.3, 0.4) is 0 Å². The van der Waals surface area contributed by atoms with Crippen LogP contribution in [0.1, 0.15) is 26.3 Å². The minimum atomic E-state index is -4.15. The maximum atomic E-state index is 13.9. The van der Waals surface area contributed by atoms with E-state index in [0.29, 0.717) is 17.2 Å². The highest BCUT2D eigenvalue weighted by Gasteiger charge is 2.32. The van der Waals surface area contributed by atoms with Crippen molar-refractivity contribution in [2.24, 2.45) is 0 Å². The van der Waals surface area contributed by atoms with Crippen molar-refractivity contribution < 1.29 is 27.5 Å². The topological polar surface area (TPSA) is 105 Å². The first kappa shape index (κ1) is 29.5. The van der Waals surface area contributed by atoms with Crippen LogP contribution < -0.4 is 19.1 Å². The van der Waals surface area contributed by atoms with Crippen LogP contribution in [-0.2, 0) is 26.2 Å². The summed E-state index contributed by atoms with van der Waals surface area (Å²) < 4.78 is 39.1. The number of carbonyl (C=O) groups excluding carboxylic acids is 2. The summed E-state index contributed by atoms with van der Waals surface area (Å²) in [5, 5.41) is 2.84. The Morgan fingerprint density at radius 2 is 1.49 bits per heavy atom. The van der Waals surface area contributed by atoms with E-state index in [2.05, 4.69) is 5.32 Å². The summed E-state index contributed by atoms with van der Waals surface area (Å²) in [6.45, 7) is 4.85. The Morgan fingerprint density at radius 3 is 2.08 bits per heavy atom. The largest absolute Gasteiger partial charge is 0.497 e. The van der Waals surface area contributed by atoms with E-state index in [4.69, 9.17) is 9.47 Å². The van der Waals surface area contributed by atoms with Gasteiger partial charge in [-0.25, -0.2) is 8.42 Å². The molecule has 10 heteroatoms. The first-order valence-electron chi connectivity index (χ1n) is 12.5. The van der Waals surface area contributed by atoms with Crippen LogP contribution in [0.4, 0.5) is 5.69 Å². The van der Waals surface area contributed by atoms with Gasteiger partial charge in [-0.15, -0.1) is 0 Å².